The zero-order valence-corrected chi connectivity index (χ0v) is 55.4. The number of nitrogens with zero attached hydrogens (tertiary/aromatic N) is 3. The van der Waals surface area contributed by atoms with E-state index in [2.05, 4.69) is 90.9 Å². The summed E-state index contributed by atoms with van der Waals surface area (Å²) in [6.45, 7) is 18.7. The Morgan fingerprint density at radius 3 is 1.43 bits per heavy atom. The molecule has 0 saturated carbocycles. The molecule has 9 rings (SSSR count). The first-order valence-corrected chi connectivity index (χ1v) is 36.8. The van der Waals surface area contributed by atoms with Crippen LogP contribution in [-0.2, 0) is 6.54 Å². The van der Waals surface area contributed by atoms with Crippen LogP contribution >= 0.6 is 91.5 Å². The zero-order valence-electron chi connectivity index (χ0n) is 48.8. The van der Waals surface area contributed by atoms with E-state index in [-0.39, 0.29) is 17.3 Å². The Morgan fingerprint density at radius 2 is 0.887 bits per heavy atom. The van der Waals surface area contributed by atoms with Crippen LogP contribution < -0.4 is 6.15 Å². The number of hydrogen-bond acceptors (Lipinski definition) is 11. The van der Waals surface area contributed by atoms with E-state index in [1.807, 2.05) is 94.0 Å². The van der Waals surface area contributed by atoms with E-state index in [1.165, 1.54) is 181 Å². The van der Waals surface area contributed by atoms with Gasteiger partial charge in [-0.1, -0.05) is 144 Å². The van der Waals surface area contributed by atoms with Crippen molar-refractivity contribution in [2.45, 2.75) is 199 Å². The van der Waals surface area contributed by atoms with Crippen LogP contribution in [0.15, 0.2) is 69.1 Å². The quantitative estimate of drug-likeness (QED) is 0.0328. The Bertz CT molecular complexity index is 3250. The minimum Gasteiger partial charge on any atom is -0.344 e. The molecule has 7 heterocycles. The van der Waals surface area contributed by atoms with Gasteiger partial charge in [-0.25, -0.2) is 8.78 Å². The Balaban J connectivity index is 0.00000841. The molecule has 0 spiro atoms. The van der Waals surface area contributed by atoms with E-state index in [0.717, 1.165) is 50.8 Å². The summed E-state index contributed by atoms with van der Waals surface area (Å²) >= 11 is 14.7. The average molecular weight is 1230 g/mol. The number of rotatable bonds is 33. The lowest BCUT2D eigenvalue weighted by atomic mass is 9.94. The second-order valence-electron chi connectivity index (χ2n) is 22.1. The Kier molecular flexibility index (Phi) is 24.3. The molecule has 0 fully saturated rings. The van der Waals surface area contributed by atoms with Crippen LogP contribution in [0.2, 0.25) is 0 Å². The first-order valence-electron chi connectivity index (χ1n) is 29.9. The van der Waals surface area contributed by atoms with E-state index < -0.39 is 11.6 Å². The number of halogens is 2. The molecule has 3 N–H and O–H groups in total. The number of fused-ring (bicyclic) bond motifs is 3. The number of unbranched alkanes of at least 4 members (excludes halogenated alkanes) is 10. The van der Waals surface area contributed by atoms with E-state index >= 15 is 8.78 Å². The third-order valence-electron chi connectivity index (χ3n) is 15.9. The lowest BCUT2D eigenvalue weighted by molar-refractivity contribution is 0.327. The van der Waals surface area contributed by atoms with Crippen molar-refractivity contribution in [1.29, 1.82) is 0 Å². The van der Waals surface area contributed by atoms with E-state index in [1.54, 1.807) is 16.1 Å². The minimum absolute atomic E-state index is 0. The fourth-order valence-electron chi connectivity index (χ4n) is 11.2. The Morgan fingerprint density at radius 1 is 0.438 bits per heavy atom. The summed E-state index contributed by atoms with van der Waals surface area (Å²) in [5, 5.41) is 12.9. The summed E-state index contributed by atoms with van der Waals surface area (Å²) in [5.41, 5.74) is 3.97. The molecule has 2 aromatic carbocycles. The summed E-state index contributed by atoms with van der Waals surface area (Å²) < 4.78 is 39.8. The van der Waals surface area contributed by atoms with E-state index in [4.69, 9.17) is 10.2 Å². The second-order valence-corrected chi connectivity index (χ2v) is 31.6. The molecule has 0 radical (unpaired) electrons. The third kappa shape index (κ3) is 15.1. The SMILES string of the molecule is CCCCCCCCC(CCCCCC)Cn1nc2c(-c3ccc(C)s3)c(F)c(F)c(-c3ccc(-c4cc5c(-c6ccc(SCC(CC)CCCC)s6)c6sc(C)cc6c(-c6ccc(SCC(CC)CCCC)s6)c5s4)s3)c2n1.N. The molecule has 7 aromatic heterocycles. The smallest absolute Gasteiger partial charge is 0.170 e. The highest BCUT2D eigenvalue weighted by Gasteiger charge is 2.30. The van der Waals surface area contributed by atoms with Gasteiger partial charge in [0.15, 0.2) is 11.6 Å². The van der Waals surface area contributed by atoms with Crippen molar-refractivity contribution in [3.8, 4) is 51.5 Å². The monoisotopic (exact) mass is 1230 g/mol. The zero-order chi connectivity index (χ0) is 55.4. The van der Waals surface area contributed by atoms with E-state index in [0.29, 0.717) is 33.3 Å². The Hall–Kier alpha value is -2.92. The summed E-state index contributed by atoms with van der Waals surface area (Å²) in [6, 6.07) is 22.3. The van der Waals surface area contributed by atoms with Crippen molar-refractivity contribution in [3.63, 3.8) is 0 Å². The van der Waals surface area contributed by atoms with Gasteiger partial charge in [0, 0.05) is 81.8 Å². The van der Waals surface area contributed by atoms with Crippen LogP contribution in [0.25, 0.3) is 82.7 Å². The highest BCUT2D eigenvalue weighted by molar-refractivity contribution is 8.01. The van der Waals surface area contributed by atoms with Crippen LogP contribution in [0.4, 0.5) is 8.78 Å². The molecule has 3 unspecified atom stereocenters. The molecule has 0 aliphatic rings. The lowest BCUT2D eigenvalue weighted by Crippen LogP contribution is -2.14. The van der Waals surface area contributed by atoms with Crippen LogP contribution in [0.3, 0.4) is 0 Å². The predicted octanol–water partition coefficient (Wildman–Crippen LogP) is 25.5. The molecular weight excluding hydrogens is 1140 g/mol. The maximum absolute atomic E-state index is 17.3. The second kappa shape index (κ2) is 30.8. The van der Waals surface area contributed by atoms with Crippen LogP contribution in [-0.4, -0.2) is 26.5 Å². The maximum Gasteiger partial charge on any atom is 0.170 e. The van der Waals surface area contributed by atoms with Gasteiger partial charge in [0.05, 0.1) is 26.1 Å². The number of benzene rings is 2. The fraction of sp³-hybridized carbons (Fsp3) is 0.515. The number of thioether (sulfide) groups is 2. The van der Waals surface area contributed by atoms with Crippen LogP contribution in [0.5, 0.6) is 0 Å². The molecule has 3 atom stereocenters. The van der Waals surface area contributed by atoms with Crippen molar-refractivity contribution < 1.29 is 8.78 Å². The molecule has 4 nitrogen and oxygen atoms in total. The minimum atomic E-state index is -0.849. The van der Waals surface area contributed by atoms with Gasteiger partial charge in [-0.3, -0.25) is 0 Å². The van der Waals surface area contributed by atoms with Gasteiger partial charge < -0.3 is 6.15 Å². The molecule has 0 amide bonds. The van der Waals surface area contributed by atoms with Crippen molar-refractivity contribution in [2.75, 3.05) is 11.5 Å². The topological polar surface area (TPSA) is 65.7 Å². The largest absolute Gasteiger partial charge is 0.344 e. The number of aryl methyl sites for hydroxylation is 2. The molecule has 14 heteroatoms. The average Bonchev–Trinajstić information content (AvgIpc) is 4.37. The summed E-state index contributed by atoms with van der Waals surface area (Å²) in [4.78, 5) is 10.3. The lowest BCUT2D eigenvalue weighted by Gasteiger charge is -2.16. The molecule has 9 aromatic rings. The predicted molar refractivity (Wildman–Crippen MR) is 360 cm³/mol. The molecule has 0 aliphatic heterocycles. The van der Waals surface area contributed by atoms with Crippen LogP contribution in [0, 0.1) is 43.2 Å². The molecular formula is C66H86F2N4S8. The molecule has 0 bridgehead atoms. The molecule has 80 heavy (non-hydrogen) atoms. The fourth-order valence-corrected chi connectivity index (χ4v) is 20.7. The van der Waals surface area contributed by atoms with E-state index in [9.17, 15) is 0 Å². The number of aromatic nitrogens is 3. The summed E-state index contributed by atoms with van der Waals surface area (Å²) in [7, 11) is 0. The third-order valence-corrected chi connectivity index (χ3v) is 25.6. The summed E-state index contributed by atoms with van der Waals surface area (Å²) in [6.07, 6.45) is 24.7. The molecule has 0 aliphatic carbocycles. The van der Waals surface area contributed by atoms with Gasteiger partial charge >= 0.3 is 0 Å². The van der Waals surface area contributed by atoms with Gasteiger partial charge in [-0.05, 0) is 118 Å². The van der Waals surface area contributed by atoms with Gasteiger partial charge in [-0.15, -0.1) is 91.5 Å². The summed E-state index contributed by atoms with van der Waals surface area (Å²) in [5.74, 6) is 2.47. The highest BCUT2D eigenvalue weighted by Crippen LogP contribution is 2.55. The van der Waals surface area contributed by atoms with Crippen molar-refractivity contribution in [1.82, 2.24) is 21.1 Å². The highest BCUT2D eigenvalue weighted by atomic mass is 32.2. The van der Waals surface area contributed by atoms with Crippen molar-refractivity contribution in [2.24, 2.45) is 17.8 Å². The molecule has 432 valence electrons. The van der Waals surface area contributed by atoms with Gasteiger partial charge in [0.1, 0.15) is 11.0 Å². The first-order chi connectivity index (χ1) is 38.5. The molecule has 0 saturated heterocycles. The Labute approximate surface area is 510 Å². The van der Waals surface area contributed by atoms with Gasteiger partial charge in [0.25, 0.3) is 0 Å². The normalized spacial score (nSPS) is 13.1. The number of thiophene rings is 6. The van der Waals surface area contributed by atoms with Gasteiger partial charge in [0.2, 0.25) is 0 Å². The van der Waals surface area contributed by atoms with Crippen LogP contribution in [0.1, 0.15) is 180 Å². The first kappa shape index (κ1) is 63.1. The van der Waals surface area contributed by atoms with Crippen molar-refractivity contribution in [3.05, 3.63) is 82.1 Å². The number of hydrogen-bond donors (Lipinski definition) is 1. The van der Waals surface area contributed by atoms with Crippen molar-refractivity contribution >= 4 is 123 Å². The van der Waals surface area contributed by atoms with Gasteiger partial charge in [-0.2, -0.15) is 15.0 Å². The standard InChI is InChI=1S/C66H83F2N3S8.H3N/c1-9-15-19-21-22-24-28-46(27-23-20-16-10-2)39-71-69-63-59(52-30-29-42(7)74-52)61(67)62(68)60(64(63)70-71)53-32-31-49(76-53)54-38-48-58(51-34-36-56(78-51)73-41-45(14-6)26-18-12-4)65-47(37-43(8)75-65)57(66(48)79-54)50-33-35-55(77-50)72-40-44(13-5)25-17-11-3;/h29-38,44-46H,9-28,39-41H2,1-8H3;1H3. The maximum atomic E-state index is 17.3.